The summed E-state index contributed by atoms with van der Waals surface area (Å²) in [6.07, 6.45) is 0. The minimum atomic E-state index is -0.981. The number of H-pyrrole nitrogens is 1. The van der Waals surface area contributed by atoms with Crippen LogP contribution in [-0.2, 0) is 0 Å². The lowest BCUT2D eigenvalue weighted by Crippen LogP contribution is -2.12. The van der Waals surface area contributed by atoms with Gasteiger partial charge in [-0.1, -0.05) is 23.2 Å². The number of rotatable bonds is 3. The molecule has 0 amide bonds. The van der Waals surface area contributed by atoms with Crippen LogP contribution in [0.2, 0.25) is 10.0 Å². The number of hydrogen-bond donors (Lipinski definition) is 1. The number of aromatic nitrogens is 2. The molecule has 1 heterocycles. The van der Waals surface area contributed by atoms with Crippen LogP contribution >= 0.6 is 23.2 Å². The Labute approximate surface area is 146 Å². The Balaban J connectivity index is 2.21. The van der Waals surface area contributed by atoms with Gasteiger partial charge in [-0.05, 0) is 12.1 Å². The number of ether oxygens (including phenoxy) is 1. The van der Waals surface area contributed by atoms with E-state index in [1.807, 2.05) is 5.10 Å². The van der Waals surface area contributed by atoms with Crippen molar-refractivity contribution in [2.75, 3.05) is 0 Å². The highest BCUT2D eigenvalue weighted by molar-refractivity contribution is 6.37. The smallest absolute Gasteiger partial charge is 0.275 e. The number of aromatic amines is 1. The van der Waals surface area contributed by atoms with Crippen LogP contribution in [0.15, 0.2) is 29.1 Å². The maximum atomic E-state index is 14.1. The van der Waals surface area contributed by atoms with Crippen LogP contribution in [-0.4, -0.2) is 15.1 Å². The second-order valence-electron chi connectivity index (χ2n) is 4.73. The number of nitrogens with zero attached hydrogens (tertiary/aromatic N) is 2. The fourth-order valence-corrected chi connectivity index (χ4v) is 2.67. The van der Waals surface area contributed by atoms with E-state index in [1.54, 1.807) is 0 Å². The van der Waals surface area contributed by atoms with Gasteiger partial charge in [0.15, 0.2) is 5.75 Å². The van der Waals surface area contributed by atoms with Gasteiger partial charge in [0.05, 0.1) is 25.7 Å². The van der Waals surface area contributed by atoms with Gasteiger partial charge < -0.3 is 4.74 Å². The van der Waals surface area contributed by atoms with E-state index in [9.17, 15) is 23.7 Å². The van der Waals surface area contributed by atoms with Gasteiger partial charge in [-0.15, -0.1) is 5.10 Å². The van der Waals surface area contributed by atoms with Crippen LogP contribution in [0.25, 0.3) is 10.8 Å². The molecule has 0 aliphatic rings. The lowest BCUT2D eigenvalue weighted by atomic mass is 10.1. The maximum absolute atomic E-state index is 14.1. The van der Waals surface area contributed by atoms with Crippen molar-refractivity contribution in [3.05, 3.63) is 66.4 Å². The highest BCUT2D eigenvalue weighted by Gasteiger charge is 2.21. The standard InChI is InChI=1S/C14H5Cl2F2N3O4/c15-6-3-5(21(23)24)4-7(16)12(6)25-14-11-9(18)2-1-8(17)10(11)13(22)19-20-14/h1-4H,(H,19,22). The van der Waals surface area contributed by atoms with Gasteiger partial charge in [-0.25, -0.2) is 13.9 Å². The molecule has 0 unspecified atom stereocenters. The Kier molecular flexibility index (Phi) is 4.27. The average Bonchev–Trinajstić information content (AvgIpc) is 2.55. The predicted molar refractivity (Wildman–Crippen MR) is 85.5 cm³/mol. The molecule has 1 aromatic heterocycles. The van der Waals surface area contributed by atoms with Gasteiger partial charge in [-0.3, -0.25) is 14.9 Å². The molecule has 3 rings (SSSR count). The minimum absolute atomic E-state index is 0.253. The highest BCUT2D eigenvalue weighted by atomic mass is 35.5. The van der Waals surface area contributed by atoms with Crippen molar-refractivity contribution >= 4 is 39.7 Å². The summed E-state index contributed by atoms with van der Waals surface area (Å²) in [7, 11) is 0. The lowest BCUT2D eigenvalue weighted by molar-refractivity contribution is -0.384. The summed E-state index contributed by atoms with van der Waals surface area (Å²) in [5.74, 6) is -2.72. The number of fused-ring (bicyclic) bond motifs is 1. The lowest BCUT2D eigenvalue weighted by Gasteiger charge is -2.11. The fourth-order valence-electron chi connectivity index (χ4n) is 2.12. The number of nitro groups is 1. The average molecular weight is 388 g/mol. The Morgan fingerprint density at radius 3 is 2.24 bits per heavy atom. The molecule has 3 aromatic rings. The van der Waals surface area contributed by atoms with E-state index in [2.05, 4.69) is 5.10 Å². The predicted octanol–water partition coefficient (Wildman–Crippen LogP) is 4.21. The van der Waals surface area contributed by atoms with Crippen molar-refractivity contribution in [2.45, 2.75) is 0 Å². The second-order valence-corrected chi connectivity index (χ2v) is 5.55. The first kappa shape index (κ1) is 17.1. The summed E-state index contributed by atoms with van der Waals surface area (Å²) in [6, 6.07) is 3.51. The Morgan fingerprint density at radius 1 is 1.12 bits per heavy atom. The largest absolute Gasteiger partial charge is 0.434 e. The molecule has 0 bridgehead atoms. The van der Waals surface area contributed by atoms with Crippen LogP contribution in [0.5, 0.6) is 11.6 Å². The Hall–Kier alpha value is -2.78. The molecular formula is C14H5Cl2F2N3O4. The van der Waals surface area contributed by atoms with Crippen molar-refractivity contribution in [2.24, 2.45) is 0 Å². The van der Waals surface area contributed by atoms with Gasteiger partial charge >= 0.3 is 0 Å². The van der Waals surface area contributed by atoms with Crippen molar-refractivity contribution in [1.82, 2.24) is 10.2 Å². The Morgan fingerprint density at radius 2 is 1.68 bits per heavy atom. The molecule has 0 aliphatic carbocycles. The van der Waals surface area contributed by atoms with Crippen LogP contribution in [0.4, 0.5) is 14.5 Å². The van der Waals surface area contributed by atoms with Crippen molar-refractivity contribution in [1.29, 1.82) is 0 Å². The molecule has 0 radical (unpaired) electrons. The van der Waals surface area contributed by atoms with E-state index in [1.165, 1.54) is 0 Å². The monoisotopic (exact) mass is 387 g/mol. The third-order valence-electron chi connectivity index (χ3n) is 3.20. The maximum Gasteiger partial charge on any atom is 0.275 e. The van der Waals surface area contributed by atoms with Gasteiger partial charge in [0.25, 0.3) is 11.2 Å². The summed E-state index contributed by atoms with van der Waals surface area (Å²) in [5, 5.41) is 14.6. The molecular weight excluding hydrogens is 383 g/mol. The van der Waals surface area contributed by atoms with E-state index in [4.69, 9.17) is 27.9 Å². The number of non-ortho nitro benzene ring substituents is 1. The molecule has 0 saturated carbocycles. The first-order chi connectivity index (χ1) is 11.8. The highest BCUT2D eigenvalue weighted by Crippen LogP contribution is 2.40. The molecule has 0 atom stereocenters. The molecule has 7 nitrogen and oxygen atoms in total. The summed E-state index contributed by atoms with van der Waals surface area (Å²) in [4.78, 5) is 21.8. The fraction of sp³-hybridized carbons (Fsp3) is 0. The summed E-state index contributed by atoms with van der Waals surface area (Å²) in [6.45, 7) is 0. The minimum Gasteiger partial charge on any atom is -0.434 e. The van der Waals surface area contributed by atoms with E-state index in [-0.39, 0.29) is 21.5 Å². The second kappa shape index (κ2) is 6.26. The van der Waals surface area contributed by atoms with Crippen LogP contribution in [0.1, 0.15) is 0 Å². The van der Waals surface area contributed by atoms with Crippen LogP contribution < -0.4 is 10.3 Å². The normalized spacial score (nSPS) is 10.9. The van der Waals surface area contributed by atoms with Gasteiger partial charge in [0.1, 0.15) is 11.6 Å². The number of hydrogen-bond acceptors (Lipinski definition) is 5. The van der Waals surface area contributed by atoms with Gasteiger partial charge in [0, 0.05) is 12.1 Å². The zero-order valence-electron chi connectivity index (χ0n) is 11.8. The summed E-state index contributed by atoms with van der Waals surface area (Å²) < 4.78 is 33.2. The molecule has 0 saturated heterocycles. The van der Waals surface area contributed by atoms with Crippen molar-refractivity contribution in [3.8, 4) is 11.6 Å². The molecule has 0 spiro atoms. The molecule has 0 fully saturated rings. The van der Waals surface area contributed by atoms with E-state index < -0.39 is 38.8 Å². The molecule has 0 aliphatic heterocycles. The quantitative estimate of drug-likeness (QED) is 0.536. The van der Waals surface area contributed by atoms with Crippen molar-refractivity contribution < 1.29 is 18.4 Å². The van der Waals surface area contributed by atoms with E-state index in [0.717, 1.165) is 24.3 Å². The first-order valence-electron chi connectivity index (χ1n) is 6.47. The molecule has 1 N–H and O–H groups in total. The molecule has 128 valence electrons. The zero-order valence-corrected chi connectivity index (χ0v) is 13.4. The Bertz CT molecular complexity index is 1060. The zero-order chi connectivity index (χ0) is 18.3. The van der Waals surface area contributed by atoms with E-state index in [0.29, 0.717) is 0 Å². The van der Waals surface area contributed by atoms with Gasteiger partial charge in [-0.2, -0.15) is 0 Å². The van der Waals surface area contributed by atoms with Gasteiger partial charge in [0.2, 0.25) is 5.88 Å². The topological polar surface area (TPSA) is 98.1 Å². The molecule has 25 heavy (non-hydrogen) atoms. The van der Waals surface area contributed by atoms with Crippen LogP contribution in [0, 0.1) is 21.7 Å². The third-order valence-corrected chi connectivity index (χ3v) is 3.76. The number of benzene rings is 2. The third kappa shape index (κ3) is 2.99. The first-order valence-corrected chi connectivity index (χ1v) is 7.23. The SMILES string of the molecule is O=c1[nH]nc(Oc2c(Cl)cc([N+](=O)[O-])cc2Cl)c2c(F)ccc(F)c12. The summed E-state index contributed by atoms with van der Waals surface area (Å²) >= 11 is 11.8. The van der Waals surface area contributed by atoms with Crippen LogP contribution in [0.3, 0.4) is 0 Å². The summed E-state index contributed by atoms with van der Waals surface area (Å²) in [5.41, 5.74) is -1.35. The number of nitrogens with one attached hydrogen (secondary N) is 1. The number of halogens is 4. The molecule has 2 aromatic carbocycles. The van der Waals surface area contributed by atoms with E-state index >= 15 is 0 Å². The number of nitro benzene ring substituents is 1. The molecule has 11 heteroatoms. The van der Waals surface area contributed by atoms with Crippen molar-refractivity contribution in [3.63, 3.8) is 0 Å².